The van der Waals surface area contributed by atoms with Crippen molar-refractivity contribution < 1.29 is 29.0 Å². The predicted octanol–water partition coefficient (Wildman–Crippen LogP) is 4.93. The normalized spacial score (nSPS) is 12.7. The molecule has 2 aromatic carbocycles. The number of methoxy groups -OCH3 is 1. The van der Waals surface area contributed by atoms with Crippen molar-refractivity contribution in [2.75, 3.05) is 19.0 Å². The molecule has 9 nitrogen and oxygen atoms in total. The third kappa shape index (κ3) is 8.41. The average molecular weight is 514 g/mol. The zero-order chi connectivity index (χ0) is 27.8. The van der Waals surface area contributed by atoms with E-state index in [0.29, 0.717) is 29.0 Å². The Balaban J connectivity index is 2.46. The molecule has 2 unspecified atom stereocenters. The molecule has 0 aliphatic heterocycles. The van der Waals surface area contributed by atoms with Crippen molar-refractivity contribution in [3.05, 3.63) is 53.6 Å². The number of aryl methyl sites for hydroxylation is 1. The van der Waals surface area contributed by atoms with Crippen LogP contribution in [0.25, 0.3) is 0 Å². The van der Waals surface area contributed by atoms with Crippen LogP contribution in [0.2, 0.25) is 0 Å². The standard InChI is InChI=1S/C28H39N3O6/c1-8-9-17-31(26(34)19(3)29-27(35)37-28(4,5)6)23(22-12-10-11-18(2)24(22)32)25(33)30-20-13-15-21(36-7)16-14-20/h10-16,19,23,32H,8-9,17H2,1-7H3,(H,29,35)(H,30,33). The lowest BCUT2D eigenvalue weighted by molar-refractivity contribution is -0.140. The largest absolute Gasteiger partial charge is 0.507 e. The van der Waals surface area contributed by atoms with Gasteiger partial charge in [0.15, 0.2) is 0 Å². The second-order valence-electron chi connectivity index (χ2n) is 9.89. The molecular weight excluding hydrogens is 474 g/mol. The molecule has 3 amide bonds. The number of carbonyl (C=O) groups excluding carboxylic acids is 3. The van der Waals surface area contributed by atoms with Gasteiger partial charge in [-0.1, -0.05) is 31.5 Å². The number of ether oxygens (including phenoxy) is 2. The van der Waals surface area contributed by atoms with Crippen molar-refractivity contribution in [3.8, 4) is 11.5 Å². The fourth-order valence-corrected chi connectivity index (χ4v) is 3.73. The maximum atomic E-state index is 13.7. The number of phenolic OH excluding ortho intramolecular Hbond substituents is 1. The Labute approximate surface area is 219 Å². The lowest BCUT2D eigenvalue weighted by atomic mass is 9.99. The molecule has 3 N–H and O–H groups in total. The van der Waals surface area contributed by atoms with Crippen LogP contribution < -0.4 is 15.4 Å². The number of rotatable bonds is 10. The fourth-order valence-electron chi connectivity index (χ4n) is 3.73. The Kier molecular flexibility index (Phi) is 10.3. The number of unbranched alkanes of at least 4 members (excludes halogenated alkanes) is 1. The smallest absolute Gasteiger partial charge is 0.408 e. The molecule has 0 saturated heterocycles. The average Bonchev–Trinajstić information content (AvgIpc) is 2.82. The molecule has 0 aromatic heterocycles. The molecule has 2 rings (SSSR count). The Hall–Kier alpha value is -3.75. The highest BCUT2D eigenvalue weighted by Gasteiger charge is 2.36. The highest BCUT2D eigenvalue weighted by atomic mass is 16.6. The van der Waals surface area contributed by atoms with E-state index >= 15 is 0 Å². The lowest BCUT2D eigenvalue weighted by Gasteiger charge is -2.34. The minimum atomic E-state index is -1.15. The molecule has 0 aliphatic carbocycles. The van der Waals surface area contributed by atoms with Crippen molar-refractivity contribution in [3.63, 3.8) is 0 Å². The van der Waals surface area contributed by atoms with Gasteiger partial charge in [-0.05, 0) is 70.9 Å². The van der Waals surface area contributed by atoms with Gasteiger partial charge in [0.2, 0.25) is 5.91 Å². The van der Waals surface area contributed by atoms with E-state index in [-0.39, 0.29) is 12.3 Å². The Bertz CT molecular complexity index is 1080. The Morgan fingerprint density at radius 2 is 1.73 bits per heavy atom. The number of amides is 3. The van der Waals surface area contributed by atoms with Gasteiger partial charge < -0.3 is 30.1 Å². The predicted molar refractivity (Wildman–Crippen MR) is 143 cm³/mol. The third-order valence-electron chi connectivity index (χ3n) is 5.62. The van der Waals surface area contributed by atoms with Crippen LogP contribution in [0.3, 0.4) is 0 Å². The zero-order valence-corrected chi connectivity index (χ0v) is 22.8. The highest BCUT2D eigenvalue weighted by Crippen LogP contribution is 2.33. The first kappa shape index (κ1) is 29.5. The van der Waals surface area contributed by atoms with Gasteiger partial charge in [-0.15, -0.1) is 0 Å². The van der Waals surface area contributed by atoms with E-state index in [9.17, 15) is 19.5 Å². The second kappa shape index (κ2) is 13.0. The van der Waals surface area contributed by atoms with Gasteiger partial charge in [-0.25, -0.2) is 4.79 Å². The monoisotopic (exact) mass is 513 g/mol. The van der Waals surface area contributed by atoms with Crippen LogP contribution in [-0.2, 0) is 14.3 Å². The number of hydrogen-bond donors (Lipinski definition) is 3. The topological polar surface area (TPSA) is 117 Å². The number of para-hydroxylation sites is 1. The van der Waals surface area contributed by atoms with E-state index < -0.39 is 35.6 Å². The molecule has 9 heteroatoms. The number of nitrogens with zero attached hydrogens (tertiary/aromatic N) is 1. The molecule has 0 saturated carbocycles. The van der Waals surface area contributed by atoms with E-state index in [1.807, 2.05) is 6.92 Å². The molecule has 0 spiro atoms. The first-order valence-electron chi connectivity index (χ1n) is 12.4. The molecule has 0 bridgehead atoms. The summed E-state index contributed by atoms with van der Waals surface area (Å²) in [6.07, 6.45) is 0.648. The number of phenols is 1. The molecule has 2 atom stereocenters. The molecule has 0 heterocycles. The number of benzene rings is 2. The van der Waals surface area contributed by atoms with Crippen LogP contribution in [0, 0.1) is 6.92 Å². The van der Waals surface area contributed by atoms with Crippen LogP contribution >= 0.6 is 0 Å². The van der Waals surface area contributed by atoms with Crippen LogP contribution in [-0.4, -0.2) is 53.2 Å². The summed E-state index contributed by atoms with van der Waals surface area (Å²) in [5, 5.41) is 16.3. The SMILES string of the molecule is CCCCN(C(=O)C(C)NC(=O)OC(C)(C)C)C(C(=O)Nc1ccc(OC)cc1)c1cccc(C)c1O. The van der Waals surface area contributed by atoms with E-state index in [4.69, 9.17) is 9.47 Å². The van der Waals surface area contributed by atoms with E-state index in [0.717, 1.165) is 6.42 Å². The maximum Gasteiger partial charge on any atom is 0.408 e. The van der Waals surface area contributed by atoms with Gasteiger partial charge in [0.05, 0.1) is 7.11 Å². The maximum absolute atomic E-state index is 13.7. The molecule has 0 fully saturated rings. The summed E-state index contributed by atoms with van der Waals surface area (Å²) in [5.41, 5.74) is 0.636. The van der Waals surface area contributed by atoms with Crippen LogP contribution in [0.1, 0.15) is 64.6 Å². The highest BCUT2D eigenvalue weighted by molar-refractivity contribution is 5.99. The number of hydrogen-bond acceptors (Lipinski definition) is 6. The van der Waals surface area contributed by atoms with Gasteiger partial charge in [0.25, 0.3) is 5.91 Å². The first-order valence-corrected chi connectivity index (χ1v) is 12.4. The Morgan fingerprint density at radius 1 is 1.08 bits per heavy atom. The van der Waals surface area contributed by atoms with Gasteiger partial charge >= 0.3 is 6.09 Å². The molecule has 2 aromatic rings. The number of anilines is 1. The van der Waals surface area contributed by atoms with Gasteiger partial charge in [-0.3, -0.25) is 9.59 Å². The number of nitrogens with one attached hydrogen (secondary N) is 2. The van der Waals surface area contributed by atoms with Gasteiger partial charge in [0, 0.05) is 17.8 Å². The molecule has 37 heavy (non-hydrogen) atoms. The fraction of sp³-hybridized carbons (Fsp3) is 0.464. The van der Waals surface area contributed by atoms with Crippen molar-refractivity contribution in [1.29, 1.82) is 0 Å². The third-order valence-corrected chi connectivity index (χ3v) is 5.62. The second-order valence-corrected chi connectivity index (χ2v) is 9.89. The summed E-state index contributed by atoms with van der Waals surface area (Å²) in [7, 11) is 1.55. The summed E-state index contributed by atoms with van der Waals surface area (Å²) in [5.74, 6) is -0.415. The van der Waals surface area contributed by atoms with Crippen molar-refractivity contribution >= 4 is 23.6 Å². The molecule has 202 valence electrons. The minimum Gasteiger partial charge on any atom is -0.507 e. The molecule has 0 aliphatic rings. The lowest BCUT2D eigenvalue weighted by Crippen LogP contribution is -2.51. The summed E-state index contributed by atoms with van der Waals surface area (Å²) in [6.45, 7) is 10.7. The number of carbonyl (C=O) groups is 3. The van der Waals surface area contributed by atoms with Crippen LogP contribution in [0.5, 0.6) is 11.5 Å². The summed E-state index contributed by atoms with van der Waals surface area (Å²) in [6, 6.07) is 9.75. The summed E-state index contributed by atoms with van der Waals surface area (Å²) in [4.78, 5) is 41.1. The van der Waals surface area contributed by atoms with Crippen molar-refractivity contribution in [2.24, 2.45) is 0 Å². The van der Waals surface area contributed by atoms with Gasteiger partial charge in [0.1, 0.15) is 29.2 Å². The van der Waals surface area contributed by atoms with Crippen LogP contribution in [0.4, 0.5) is 10.5 Å². The van der Waals surface area contributed by atoms with E-state index in [1.54, 1.807) is 84.2 Å². The van der Waals surface area contributed by atoms with E-state index in [1.165, 1.54) is 4.90 Å². The minimum absolute atomic E-state index is 0.0700. The molecular formula is C28H39N3O6. The van der Waals surface area contributed by atoms with E-state index in [2.05, 4.69) is 10.6 Å². The molecule has 0 radical (unpaired) electrons. The van der Waals surface area contributed by atoms with Crippen molar-refractivity contribution in [1.82, 2.24) is 10.2 Å². The number of aromatic hydroxyl groups is 1. The first-order chi connectivity index (χ1) is 17.4. The summed E-state index contributed by atoms with van der Waals surface area (Å²) >= 11 is 0. The zero-order valence-electron chi connectivity index (χ0n) is 22.8. The Morgan fingerprint density at radius 3 is 2.30 bits per heavy atom. The quantitative estimate of drug-likeness (QED) is 0.415. The number of alkyl carbamates (subject to hydrolysis) is 1. The van der Waals surface area contributed by atoms with Crippen LogP contribution in [0.15, 0.2) is 42.5 Å². The van der Waals surface area contributed by atoms with Gasteiger partial charge in [-0.2, -0.15) is 0 Å². The van der Waals surface area contributed by atoms with Crippen molar-refractivity contribution in [2.45, 2.75) is 72.1 Å². The summed E-state index contributed by atoms with van der Waals surface area (Å²) < 4.78 is 10.5.